The minimum atomic E-state index is 0.215. The second-order valence-electron chi connectivity index (χ2n) is 6.75. The SMILES string of the molecule is Cc1nn(C)c2c(N3C[C@@H](C)O[C@@H](C)C3)nc(C3CC3)nc12. The van der Waals surface area contributed by atoms with Gasteiger partial charge in [-0.3, -0.25) is 4.68 Å². The summed E-state index contributed by atoms with van der Waals surface area (Å²) < 4.78 is 7.79. The molecule has 2 aromatic rings. The molecule has 2 fully saturated rings. The maximum absolute atomic E-state index is 5.87. The molecule has 0 aromatic carbocycles. The minimum Gasteiger partial charge on any atom is -0.372 e. The quantitative estimate of drug-likeness (QED) is 0.851. The summed E-state index contributed by atoms with van der Waals surface area (Å²) in [5.41, 5.74) is 3.03. The molecule has 1 aliphatic carbocycles. The molecule has 6 heteroatoms. The van der Waals surface area contributed by atoms with Gasteiger partial charge in [0.25, 0.3) is 0 Å². The van der Waals surface area contributed by atoms with Crippen LogP contribution in [0.3, 0.4) is 0 Å². The number of hydrogen-bond donors (Lipinski definition) is 0. The smallest absolute Gasteiger partial charge is 0.158 e. The number of nitrogens with zero attached hydrogens (tertiary/aromatic N) is 5. The summed E-state index contributed by atoms with van der Waals surface area (Å²) in [6.45, 7) is 8.00. The average Bonchev–Trinajstić information content (AvgIpc) is 3.25. The van der Waals surface area contributed by atoms with E-state index in [1.54, 1.807) is 0 Å². The van der Waals surface area contributed by atoms with Gasteiger partial charge in [0.1, 0.15) is 16.9 Å². The van der Waals surface area contributed by atoms with E-state index in [9.17, 15) is 0 Å². The van der Waals surface area contributed by atoms with E-state index in [0.29, 0.717) is 5.92 Å². The predicted molar refractivity (Wildman–Crippen MR) is 85.2 cm³/mol. The van der Waals surface area contributed by atoms with Crippen LogP contribution >= 0.6 is 0 Å². The number of aromatic nitrogens is 4. The Balaban J connectivity index is 1.87. The molecular weight excluding hydrogens is 278 g/mol. The van der Waals surface area contributed by atoms with E-state index in [1.807, 2.05) is 18.7 Å². The van der Waals surface area contributed by atoms with Gasteiger partial charge >= 0.3 is 0 Å². The highest BCUT2D eigenvalue weighted by molar-refractivity contribution is 5.88. The molecule has 0 spiro atoms. The second-order valence-corrected chi connectivity index (χ2v) is 6.75. The summed E-state index contributed by atoms with van der Waals surface area (Å²) in [5, 5.41) is 4.56. The lowest BCUT2D eigenvalue weighted by Crippen LogP contribution is -2.46. The molecule has 2 aromatic heterocycles. The summed E-state index contributed by atoms with van der Waals surface area (Å²) in [7, 11) is 1.98. The lowest BCUT2D eigenvalue weighted by atomic mass is 10.2. The summed E-state index contributed by atoms with van der Waals surface area (Å²) in [4.78, 5) is 12.1. The molecule has 4 rings (SSSR count). The zero-order valence-corrected chi connectivity index (χ0v) is 13.7. The van der Waals surface area contributed by atoms with E-state index in [-0.39, 0.29) is 12.2 Å². The number of morpholine rings is 1. The first-order valence-electron chi connectivity index (χ1n) is 8.14. The van der Waals surface area contributed by atoms with Gasteiger partial charge in [0.2, 0.25) is 0 Å². The van der Waals surface area contributed by atoms with Crippen molar-refractivity contribution in [2.24, 2.45) is 7.05 Å². The fourth-order valence-electron chi connectivity index (χ4n) is 3.43. The van der Waals surface area contributed by atoms with Gasteiger partial charge in [-0.15, -0.1) is 0 Å². The van der Waals surface area contributed by atoms with Crippen LogP contribution in [-0.4, -0.2) is 45.0 Å². The van der Waals surface area contributed by atoms with Crippen LogP contribution in [0.2, 0.25) is 0 Å². The Bertz CT molecular complexity index is 711. The van der Waals surface area contributed by atoms with Crippen LogP contribution in [0.25, 0.3) is 11.0 Å². The van der Waals surface area contributed by atoms with E-state index in [4.69, 9.17) is 14.7 Å². The number of aryl methyl sites for hydroxylation is 2. The van der Waals surface area contributed by atoms with Crippen molar-refractivity contribution in [3.05, 3.63) is 11.5 Å². The Kier molecular flexibility index (Phi) is 3.11. The average molecular weight is 301 g/mol. The Labute approximate surface area is 130 Å². The molecule has 2 atom stereocenters. The number of rotatable bonds is 2. The molecule has 0 radical (unpaired) electrons. The van der Waals surface area contributed by atoms with Crippen molar-refractivity contribution >= 4 is 16.9 Å². The molecular formula is C16H23N5O. The van der Waals surface area contributed by atoms with Gasteiger partial charge in [-0.1, -0.05) is 0 Å². The summed E-state index contributed by atoms with van der Waals surface area (Å²) in [6, 6.07) is 0. The van der Waals surface area contributed by atoms with Gasteiger partial charge in [0, 0.05) is 26.1 Å². The Morgan fingerprint density at radius 1 is 1.09 bits per heavy atom. The van der Waals surface area contributed by atoms with E-state index in [2.05, 4.69) is 23.8 Å². The molecule has 0 amide bonds. The van der Waals surface area contributed by atoms with E-state index in [0.717, 1.165) is 41.5 Å². The molecule has 118 valence electrons. The van der Waals surface area contributed by atoms with Gasteiger partial charge in [-0.25, -0.2) is 9.97 Å². The van der Waals surface area contributed by atoms with Gasteiger partial charge < -0.3 is 9.64 Å². The lowest BCUT2D eigenvalue weighted by molar-refractivity contribution is -0.00540. The third-order valence-electron chi connectivity index (χ3n) is 4.51. The first-order chi connectivity index (χ1) is 10.5. The predicted octanol–water partition coefficient (Wildman–Crippen LogP) is 2.16. The summed E-state index contributed by atoms with van der Waals surface area (Å²) in [5.74, 6) is 2.56. The third-order valence-corrected chi connectivity index (χ3v) is 4.51. The highest BCUT2D eigenvalue weighted by atomic mass is 16.5. The van der Waals surface area contributed by atoms with Gasteiger partial charge in [0.15, 0.2) is 5.82 Å². The highest BCUT2D eigenvalue weighted by Crippen LogP contribution is 2.40. The second kappa shape index (κ2) is 4.91. The van der Waals surface area contributed by atoms with Crippen molar-refractivity contribution in [1.82, 2.24) is 19.7 Å². The van der Waals surface area contributed by atoms with E-state index >= 15 is 0 Å². The molecule has 0 unspecified atom stereocenters. The first kappa shape index (κ1) is 13.9. The molecule has 2 aliphatic rings. The van der Waals surface area contributed by atoms with E-state index < -0.39 is 0 Å². The number of anilines is 1. The largest absolute Gasteiger partial charge is 0.372 e. The number of ether oxygens (including phenoxy) is 1. The van der Waals surface area contributed by atoms with Crippen LogP contribution in [0.15, 0.2) is 0 Å². The fraction of sp³-hybridized carbons (Fsp3) is 0.688. The van der Waals surface area contributed by atoms with Crippen LogP contribution in [0, 0.1) is 6.92 Å². The van der Waals surface area contributed by atoms with Crippen molar-refractivity contribution in [1.29, 1.82) is 0 Å². The number of hydrogen-bond acceptors (Lipinski definition) is 5. The maximum Gasteiger partial charge on any atom is 0.158 e. The third kappa shape index (κ3) is 2.26. The molecule has 0 N–H and O–H groups in total. The van der Waals surface area contributed by atoms with Crippen LogP contribution in [-0.2, 0) is 11.8 Å². The highest BCUT2D eigenvalue weighted by Gasteiger charge is 2.31. The Morgan fingerprint density at radius 3 is 2.41 bits per heavy atom. The Morgan fingerprint density at radius 2 is 1.77 bits per heavy atom. The van der Waals surface area contributed by atoms with Crippen LogP contribution in [0.5, 0.6) is 0 Å². The fourth-order valence-corrected chi connectivity index (χ4v) is 3.43. The topological polar surface area (TPSA) is 56.1 Å². The van der Waals surface area contributed by atoms with Crippen molar-refractivity contribution < 1.29 is 4.74 Å². The van der Waals surface area contributed by atoms with Crippen molar-refractivity contribution in [3.63, 3.8) is 0 Å². The summed E-state index contributed by atoms with van der Waals surface area (Å²) in [6.07, 6.45) is 2.85. The molecule has 6 nitrogen and oxygen atoms in total. The van der Waals surface area contributed by atoms with Crippen molar-refractivity contribution in [2.75, 3.05) is 18.0 Å². The van der Waals surface area contributed by atoms with Gasteiger partial charge in [-0.2, -0.15) is 5.10 Å². The van der Waals surface area contributed by atoms with Crippen molar-refractivity contribution in [2.45, 2.75) is 51.7 Å². The zero-order chi connectivity index (χ0) is 15.4. The molecule has 1 saturated carbocycles. The van der Waals surface area contributed by atoms with E-state index in [1.165, 1.54) is 12.8 Å². The zero-order valence-electron chi connectivity index (χ0n) is 13.7. The summed E-state index contributed by atoms with van der Waals surface area (Å²) >= 11 is 0. The standard InChI is InChI=1S/C16H23N5O/c1-9-7-21(8-10(2)22-9)16-14-13(11(3)19-20(14)4)17-15(18-16)12-5-6-12/h9-10,12H,5-8H2,1-4H3/t9-,10+. The molecule has 22 heavy (non-hydrogen) atoms. The molecule has 1 aliphatic heterocycles. The minimum absolute atomic E-state index is 0.215. The van der Waals surface area contributed by atoms with Crippen molar-refractivity contribution in [3.8, 4) is 0 Å². The molecule has 1 saturated heterocycles. The lowest BCUT2D eigenvalue weighted by Gasteiger charge is -2.36. The van der Waals surface area contributed by atoms with Crippen LogP contribution < -0.4 is 4.90 Å². The van der Waals surface area contributed by atoms with Gasteiger partial charge in [0.05, 0.1) is 17.9 Å². The Hall–Kier alpha value is -1.69. The monoisotopic (exact) mass is 301 g/mol. The van der Waals surface area contributed by atoms with Crippen LogP contribution in [0.1, 0.15) is 44.1 Å². The van der Waals surface area contributed by atoms with Gasteiger partial charge in [-0.05, 0) is 33.6 Å². The normalized spacial score (nSPS) is 25.9. The maximum atomic E-state index is 5.87. The molecule has 3 heterocycles. The van der Waals surface area contributed by atoms with Crippen LogP contribution in [0.4, 0.5) is 5.82 Å². The molecule has 0 bridgehead atoms. The first-order valence-corrected chi connectivity index (χ1v) is 8.14. The number of fused-ring (bicyclic) bond motifs is 1.